The standard InChI is InChI=1S/C53H96O4/c1-3-5-7-9-11-13-15-17-19-21-23-25-26-27-28-29-30-32-34-36-38-40-42-44-46-48-53(55)57-52(50-54)51-56-49-47-45-43-41-39-37-35-33-31-24-22-20-18-16-14-12-10-8-6-4-2/h5,7,11,13,17,19,23,25,27-28,52,54H,3-4,6,8-10,12,14-16,18,20-22,24,26,29-51H2,1-2H3/b7-5-,13-11-,19-17-,25-23-,28-27-. The van der Waals surface area contributed by atoms with E-state index in [4.69, 9.17) is 9.47 Å². The van der Waals surface area contributed by atoms with Gasteiger partial charge < -0.3 is 14.6 Å². The Hall–Kier alpha value is -1.91. The van der Waals surface area contributed by atoms with E-state index in [1.54, 1.807) is 0 Å². The summed E-state index contributed by atoms with van der Waals surface area (Å²) in [5, 5.41) is 9.65. The number of hydrogen-bond acceptors (Lipinski definition) is 4. The molecule has 1 atom stereocenters. The minimum Gasteiger partial charge on any atom is -0.457 e. The van der Waals surface area contributed by atoms with Crippen LogP contribution < -0.4 is 0 Å². The van der Waals surface area contributed by atoms with E-state index in [1.165, 1.54) is 173 Å². The molecule has 0 rings (SSSR count). The third kappa shape index (κ3) is 48.4. The molecule has 0 saturated heterocycles. The van der Waals surface area contributed by atoms with Crippen molar-refractivity contribution >= 4 is 5.97 Å². The second-order valence-corrected chi connectivity index (χ2v) is 16.5. The van der Waals surface area contributed by atoms with Crippen molar-refractivity contribution in [3.05, 3.63) is 60.8 Å². The van der Waals surface area contributed by atoms with Gasteiger partial charge in [-0.25, -0.2) is 0 Å². The van der Waals surface area contributed by atoms with Gasteiger partial charge >= 0.3 is 5.97 Å². The Morgan fingerprint density at radius 2 is 0.789 bits per heavy atom. The normalized spacial score (nSPS) is 12.8. The number of rotatable bonds is 46. The van der Waals surface area contributed by atoms with E-state index in [1.807, 2.05) is 0 Å². The van der Waals surface area contributed by atoms with Crippen LogP contribution in [0.15, 0.2) is 60.8 Å². The van der Waals surface area contributed by atoms with Gasteiger partial charge in [0, 0.05) is 13.0 Å². The van der Waals surface area contributed by atoms with E-state index in [0.29, 0.717) is 19.6 Å². The zero-order valence-corrected chi connectivity index (χ0v) is 38.1. The molecule has 57 heavy (non-hydrogen) atoms. The highest BCUT2D eigenvalue weighted by Gasteiger charge is 2.13. The van der Waals surface area contributed by atoms with Crippen LogP contribution in [0.3, 0.4) is 0 Å². The molecule has 0 amide bonds. The number of carbonyl (C=O) groups is 1. The summed E-state index contributed by atoms with van der Waals surface area (Å²) in [6.07, 6.45) is 67.3. The van der Waals surface area contributed by atoms with Crippen LogP contribution in [0.4, 0.5) is 0 Å². The Labute approximate surface area is 355 Å². The molecule has 1 unspecified atom stereocenters. The summed E-state index contributed by atoms with van der Waals surface area (Å²) in [7, 11) is 0. The quantitative estimate of drug-likeness (QED) is 0.0379. The number of carbonyl (C=O) groups excluding carboxylic acids is 1. The summed E-state index contributed by atoms with van der Waals surface area (Å²) >= 11 is 0. The zero-order chi connectivity index (χ0) is 41.2. The summed E-state index contributed by atoms with van der Waals surface area (Å²) in [6.45, 7) is 5.26. The second kappa shape index (κ2) is 50.2. The molecule has 0 radical (unpaired) electrons. The maximum Gasteiger partial charge on any atom is 0.306 e. The molecule has 0 aliphatic rings. The van der Waals surface area contributed by atoms with Gasteiger partial charge in [0.1, 0.15) is 6.10 Å². The lowest BCUT2D eigenvalue weighted by Gasteiger charge is -2.16. The number of aliphatic hydroxyl groups excluding tert-OH is 1. The van der Waals surface area contributed by atoms with Crippen LogP contribution in [0.5, 0.6) is 0 Å². The third-order valence-electron chi connectivity index (χ3n) is 10.9. The summed E-state index contributed by atoms with van der Waals surface area (Å²) in [4.78, 5) is 12.3. The molecule has 0 aliphatic carbocycles. The average molecular weight is 797 g/mol. The van der Waals surface area contributed by atoms with Gasteiger partial charge in [-0.2, -0.15) is 0 Å². The van der Waals surface area contributed by atoms with Gasteiger partial charge in [-0.15, -0.1) is 0 Å². The number of hydrogen-bond donors (Lipinski definition) is 1. The van der Waals surface area contributed by atoms with E-state index in [0.717, 1.165) is 51.4 Å². The smallest absolute Gasteiger partial charge is 0.306 e. The highest BCUT2D eigenvalue weighted by molar-refractivity contribution is 5.69. The molecular formula is C53H96O4. The van der Waals surface area contributed by atoms with Crippen molar-refractivity contribution < 1.29 is 19.4 Å². The minimum atomic E-state index is -0.538. The number of esters is 1. The van der Waals surface area contributed by atoms with Crippen molar-refractivity contribution in [1.29, 1.82) is 0 Å². The topological polar surface area (TPSA) is 55.8 Å². The predicted molar refractivity (Wildman–Crippen MR) is 251 cm³/mol. The second-order valence-electron chi connectivity index (χ2n) is 16.5. The fourth-order valence-corrected chi connectivity index (χ4v) is 7.18. The monoisotopic (exact) mass is 797 g/mol. The zero-order valence-electron chi connectivity index (χ0n) is 38.1. The first kappa shape index (κ1) is 55.1. The molecule has 4 heteroatoms. The third-order valence-corrected chi connectivity index (χ3v) is 10.9. The van der Waals surface area contributed by atoms with Gasteiger partial charge in [0.2, 0.25) is 0 Å². The summed E-state index contributed by atoms with van der Waals surface area (Å²) in [6, 6.07) is 0. The van der Waals surface area contributed by atoms with Crippen LogP contribution in [0.1, 0.15) is 245 Å². The van der Waals surface area contributed by atoms with Crippen LogP contribution in [-0.2, 0) is 14.3 Å². The molecule has 332 valence electrons. The highest BCUT2D eigenvalue weighted by Crippen LogP contribution is 2.16. The van der Waals surface area contributed by atoms with E-state index in [2.05, 4.69) is 74.6 Å². The minimum absolute atomic E-state index is 0.173. The average Bonchev–Trinajstić information content (AvgIpc) is 3.22. The van der Waals surface area contributed by atoms with Gasteiger partial charge in [0.25, 0.3) is 0 Å². The molecule has 1 N–H and O–H groups in total. The molecule has 0 heterocycles. The Morgan fingerprint density at radius 1 is 0.439 bits per heavy atom. The van der Waals surface area contributed by atoms with Crippen LogP contribution >= 0.6 is 0 Å². The van der Waals surface area contributed by atoms with Gasteiger partial charge in [0.15, 0.2) is 0 Å². The molecular weight excluding hydrogens is 701 g/mol. The van der Waals surface area contributed by atoms with E-state index in [-0.39, 0.29) is 12.6 Å². The first-order chi connectivity index (χ1) is 28.2. The highest BCUT2D eigenvalue weighted by atomic mass is 16.6. The van der Waals surface area contributed by atoms with Crippen molar-refractivity contribution in [3.63, 3.8) is 0 Å². The van der Waals surface area contributed by atoms with Crippen molar-refractivity contribution in [2.75, 3.05) is 19.8 Å². The van der Waals surface area contributed by atoms with Crippen LogP contribution in [-0.4, -0.2) is 37.0 Å². The van der Waals surface area contributed by atoms with Gasteiger partial charge in [0.05, 0.1) is 13.2 Å². The van der Waals surface area contributed by atoms with Crippen LogP contribution in [0.25, 0.3) is 0 Å². The number of allylic oxidation sites excluding steroid dienone is 10. The fourth-order valence-electron chi connectivity index (χ4n) is 7.18. The lowest BCUT2D eigenvalue weighted by molar-refractivity contribution is -0.154. The molecule has 0 fully saturated rings. The summed E-state index contributed by atoms with van der Waals surface area (Å²) < 4.78 is 11.2. The molecule has 0 aromatic rings. The molecule has 0 bridgehead atoms. The summed E-state index contributed by atoms with van der Waals surface area (Å²) in [5.41, 5.74) is 0. The van der Waals surface area contributed by atoms with Crippen molar-refractivity contribution in [3.8, 4) is 0 Å². The Bertz CT molecular complexity index is 931. The first-order valence-corrected chi connectivity index (χ1v) is 24.9. The Balaban J connectivity index is 3.43. The lowest BCUT2D eigenvalue weighted by atomic mass is 10.0. The van der Waals surface area contributed by atoms with Crippen molar-refractivity contribution in [2.24, 2.45) is 0 Å². The van der Waals surface area contributed by atoms with Crippen LogP contribution in [0, 0.1) is 0 Å². The van der Waals surface area contributed by atoms with Gasteiger partial charge in [-0.1, -0.05) is 242 Å². The number of aliphatic hydroxyl groups is 1. The van der Waals surface area contributed by atoms with Crippen molar-refractivity contribution in [2.45, 2.75) is 251 Å². The summed E-state index contributed by atoms with van der Waals surface area (Å²) in [5.74, 6) is -0.205. The molecule has 0 aromatic heterocycles. The largest absolute Gasteiger partial charge is 0.457 e. The van der Waals surface area contributed by atoms with E-state index < -0.39 is 6.10 Å². The maximum atomic E-state index is 12.3. The first-order valence-electron chi connectivity index (χ1n) is 24.9. The van der Waals surface area contributed by atoms with Gasteiger partial charge in [-0.05, 0) is 57.8 Å². The Kier molecular flexibility index (Phi) is 48.6. The van der Waals surface area contributed by atoms with Crippen LogP contribution in [0.2, 0.25) is 0 Å². The predicted octanol–water partition coefficient (Wildman–Crippen LogP) is 16.8. The number of unbranched alkanes of at least 4 members (excludes halogenated alkanes) is 28. The van der Waals surface area contributed by atoms with E-state index in [9.17, 15) is 9.90 Å². The molecule has 0 aliphatic heterocycles. The molecule has 4 nitrogen and oxygen atoms in total. The number of ether oxygens (including phenoxy) is 2. The molecule has 0 saturated carbocycles. The van der Waals surface area contributed by atoms with Gasteiger partial charge in [-0.3, -0.25) is 4.79 Å². The molecule has 0 spiro atoms. The maximum absolute atomic E-state index is 12.3. The molecule has 0 aromatic carbocycles. The SMILES string of the molecule is CC/C=C\C/C=C\C/C=C\C/C=C\C/C=C\CCCCCCCCCCCC(=O)OC(CO)COCCCCCCCCCCCCCCCCCCCCCC. The lowest BCUT2D eigenvalue weighted by Crippen LogP contribution is -2.27. The fraction of sp³-hybridized carbons (Fsp3) is 0.792. The van der Waals surface area contributed by atoms with E-state index >= 15 is 0 Å². The van der Waals surface area contributed by atoms with Crippen molar-refractivity contribution in [1.82, 2.24) is 0 Å². The Morgan fingerprint density at radius 3 is 1.19 bits per heavy atom.